The maximum Gasteiger partial charge on any atom is 0.394 e. The number of amides is 1. The van der Waals surface area contributed by atoms with Crippen molar-refractivity contribution in [3.8, 4) is 11.7 Å². The molecule has 1 saturated heterocycles. The molecule has 1 saturated carbocycles. The van der Waals surface area contributed by atoms with Crippen molar-refractivity contribution in [2.45, 2.75) is 75.7 Å². The number of aromatic nitrogens is 4. The number of aliphatic hydroxyl groups is 1. The number of fused-ring (bicyclic) bond motifs is 6. The van der Waals surface area contributed by atoms with Crippen molar-refractivity contribution in [2.75, 3.05) is 29.9 Å². The number of nitrogens with zero attached hydrogens (tertiary/aromatic N) is 5. The summed E-state index contributed by atoms with van der Waals surface area (Å²) >= 11 is 0. The maximum atomic E-state index is 13.6. The van der Waals surface area contributed by atoms with E-state index in [4.69, 9.17) is 9.72 Å². The lowest BCUT2D eigenvalue weighted by Crippen LogP contribution is -2.41. The van der Waals surface area contributed by atoms with Crippen LogP contribution in [-0.2, 0) is 10.0 Å². The van der Waals surface area contributed by atoms with Crippen LogP contribution < -0.4 is 19.7 Å². The number of hydrogen-bond donors (Lipinski definition) is 3. The molecular weight excluding hydrogens is 639 g/mol. The molecular formula is C31H38F3N7O5S. The Bertz CT molecular complexity index is 1760. The second kappa shape index (κ2) is 12.0. The van der Waals surface area contributed by atoms with Gasteiger partial charge >= 0.3 is 6.18 Å². The summed E-state index contributed by atoms with van der Waals surface area (Å²) in [5.74, 6) is 0.717. The van der Waals surface area contributed by atoms with Crippen LogP contribution in [0.2, 0.25) is 0 Å². The van der Waals surface area contributed by atoms with Gasteiger partial charge < -0.3 is 20.1 Å². The standard InChI is InChI=1S/C31H38F3N7O5S/c1-19-9-13-35-23-5-4-6-26(36-23)47(44,45)39-28(43)22-7-8-24(37-27(22)40-17-20(19)15-29(40,2)3)41-14-10-25(38-41)46-18-21(42)16-30(11-12-30)31(32,33)34/h4-8,10,14,19-21,42H,9,11-13,15-18H2,1-3H3,(H,35,36)(H,39,43)/t19-,20?,21?/m0/s1. The molecule has 4 bridgehead atoms. The highest BCUT2D eigenvalue weighted by Gasteiger charge is 2.63. The predicted molar refractivity (Wildman–Crippen MR) is 166 cm³/mol. The van der Waals surface area contributed by atoms with Gasteiger partial charge in [-0.05, 0) is 82.1 Å². The van der Waals surface area contributed by atoms with Gasteiger partial charge in [0.15, 0.2) is 10.8 Å². The Kier molecular flexibility index (Phi) is 8.39. The molecule has 0 aromatic carbocycles. The lowest BCUT2D eigenvalue weighted by Gasteiger charge is -2.34. The zero-order valence-electron chi connectivity index (χ0n) is 26.3. The molecule has 16 heteroatoms. The van der Waals surface area contributed by atoms with E-state index < -0.39 is 45.6 Å². The summed E-state index contributed by atoms with van der Waals surface area (Å²) in [5, 5.41) is 17.5. The van der Waals surface area contributed by atoms with Gasteiger partial charge in [0.1, 0.15) is 18.2 Å². The maximum absolute atomic E-state index is 13.6. The van der Waals surface area contributed by atoms with E-state index in [1.165, 1.54) is 35.1 Å². The summed E-state index contributed by atoms with van der Waals surface area (Å²) in [4.78, 5) is 24.7. The van der Waals surface area contributed by atoms with E-state index in [0.717, 1.165) is 12.8 Å². The molecule has 3 aromatic heterocycles. The highest BCUT2D eigenvalue weighted by Crippen LogP contribution is 2.60. The van der Waals surface area contributed by atoms with Crippen molar-refractivity contribution in [1.82, 2.24) is 24.5 Å². The average molecular weight is 678 g/mol. The van der Waals surface area contributed by atoms with Gasteiger partial charge in [-0.1, -0.05) is 13.0 Å². The van der Waals surface area contributed by atoms with Crippen molar-refractivity contribution in [3.63, 3.8) is 0 Å². The van der Waals surface area contributed by atoms with Crippen LogP contribution >= 0.6 is 0 Å². The van der Waals surface area contributed by atoms with E-state index in [-0.39, 0.29) is 53.6 Å². The van der Waals surface area contributed by atoms with Crippen molar-refractivity contribution in [1.29, 1.82) is 0 Å². The van der Waals surface area contributed by atoms with Crippen LogP contribution in [0.1, 0.15) is 63.2 Å². The van der Waals surface area contributed by atoms with Crippen LogP contribution in [0.4, 0.5) is 24.8 Å². The van der Waals surface area contributed by atoms with E-state index in [1.807, 2.05) is 4.90 Å². The Morgan fingerprint density at radius 1 is 1.15 bits per heavy atom. The van der Waals surface area contributed by atoms with Crippen molar-refractivity contribution >= 4 is 27.6 Å². The number of anilines is 2. The Balaban J connectivity index is 1.29. The van der Waals surface area contributed by atoms with Crippen LogP contribution in [0.15, 0.2) is 47.6 Å². The molecule has 2 aliphatic heterocycles. The third-order valence-corrected chi connectivity index (χ3v) is 10.7. The summed E-state index contributed by atoms with van der Waals surface area (Å²) in [6.45, 7) is 7.08. The van der Waals surface area contributed by atoms with Gasteiger partial charge in [0.2, 0.25) is 5.88 Å². The second-order valence-corrected chi connectivity index (χ2v) is 15.1. The number of aliphatic hydroxyl groups excluding tert-OH is 1. The molecule has 3 atom stereocenters. The molecule has 3 aromatic rings. The molecule has 2 fully saturated rings. The van der Waals surface area contributed by atoms with Crippen LogP contribution in [0.5, 0.6) is 5.88 Å². The molecule has 6 rings (SSSR count). The molecule has 0 spiro atoms. The monoisotopic (exact) mass is 677 g/mol. The van der Waals surface area contributed by atoms with Crippen LogP contribution in [-0.4, -0.2) is 76.7 Å². The Hall–Kier alpha value is -3.92. The minimum Gasteiger partial charge on any atom is -0.474 e. The summed E-state index contributed by atoms with van der Waals surface area (Å²) < 4.78 is 75.4. The van der Waals surface area contributed by atoms with Gasteiger partial charge in [-0.25, -0.2) is 19.4 Å². The second-order valence-electron chi connectivity index (χ2n) is 13.5. The third kappa shape index (κ3) is 6.75. The summed E-state index contributed by atoms with van der Waals surface area (Å²) in [6.07, 6.45) is -2.99. The van der Waals surface area contributed by atoms with Gasteiger partial charge in [-0.2, -0.15) is 21.6 Å². The SMILES string of the molecule is C[C@H]1CCNc2cccc(n2)S(=O)(=O)NC(=O)c2ccc(-n3ccc(OCC(O)CC4(C(F)(F)F)CC4)n3)nc2N2CC1CC2(C)C. The molecule has 3 N–H and O–H groups in total. The number of nitrogens with one attached hydrogen (secondary N) is 2. The number of carbonyl (C=O) groups excluding carboxylic acids is 1. The molecule has 254 valence electrons. The number of pyridine rings is 2. The van der Waals surface area contributed by atoms with E-state index >= 15 is 0 Å². The van der Waals surface area contributed by atoms with Crippen molar-refractivity contribution in [3.05, 3.63) is 48.2 Å². The van der Waals surface area contributed by atoms with Gasteiger partial charge in [0.25, 0.3) is 15.9 Å². The number of hydrogen-bond acceptors (Lipinski definition) is 10. The smallest absolute Gasteiger partial charge is 0.394 e. The molecule has 2 unspecified atom stereocenters. The number of ether oxygens (including phenoxy) is 1. The van der Waals surface area contributed by atoms with E-state index in [0.29, 0.717) is 24.7 Å². The highest BCUT2D eigenvalue weighted by atomic mass is 32.2. The van der Waals surface area contributed by atoms with Crippen LogP contribution in [0.25, 0.3) is 5.82 Å². The summed E-state index contributed by atoms with van der Waals surface area (Å²) in [6, 6.07) is 9.04. The minimum atomic E-state index is -4.37. The fourth-order valence-corrected chi connectivity index (χ4v) is 7.45. The summed E-state index contributed by atoms with van der Waals surface area (Å²) in [7, 11) is -4.33. The molecule has 3 aliphatic rings. The molecule has 1 amide bonds. The largest absolute Gasteiger partial charge is 0.474 e. The third-order valence-electron chi connectivity index (χ3n) is 9.51. The summed E-state index contributed by atoms with van der Waals surface area (Å²) in [5.41, 5.74) is -2.23. The Labute approximate surface area is 270 Å². The van der Waals surface area contributed by atoms with Gasteiger partial charge in [0.05, 0.1) is 17.1 Å². The number of halogens is 3. The number of sulfonamides is 1. The minimum absolute atomic E-state index is 0.00902. The molecule has 1 aliphatic carbocycles. The van der Waals surface area contributed by atoms with E-state index in [1.54, 1.807) is 12.1 Å². The zero-order chi connectivity index (χ0) is 33.8. The molecule has 0 radical (unpaired) electrons. The number of alkyl halides is 3. The normalized spacial score (nSPS) is 23.8. The fraction of sp³-hybridized carbons (Fsp3) is 0.548. The molecule has 5 heterocycles. The Morgan fingerprint density at radius 3 is 2.64 bits per heavy atom. The first-order valence-electron chi connectivity index (χ1n) is 15.6. The zero-order valence-corrected chi connectivity index (χ0v) is 27.1. The van der Waals surface area contributed by atoms with Gasteiger partial charge in [0, 0.05) is 30.9 Å². The van der Waals surface area contributed by atoms with Crippen LogP contribution in [0.3, 0.4) is 0 Å². The quantitative estimate of drug-likeness (QED) is 0.344. The van der Waals surface area contributed by atoms with E-state index in [2.05, 4.69) is 40.9 Å². The number of rotatable bonds is 6. The predicted octanol–water partition coefficient (Wildman–Crippen LogP) is 4.31. The molecule has 47 heavy (non-hydrogen) atoms. The lowest BCUT2D eigenvalue weighted by atomic mass is 9.86. The van der Waals surface area contributed by atoms with Crippen molar-refractivity contribution in [2.24, 2.45) is 17.3 Å². The van der Waals surface area contributed by atoms with Crippen LogP contribution in [0, 0.1) is 17.3 Å². The van der Waals surface area contributed by atoms with Gasteiger partial charge in [-0.3, -0.25) is 4.79 Å². The topological polar surface area (TPSA) is 152 Å². The van der Waals surface area contributed by atoms with E-state index in [9.17, 15) is 31.5 Å². The van der Waals surface area contributed by atoms with Crippen molar-refractivity contribution < 1.29 is 36.2 Å². The first-order chi connectivity index (χ1) is 22.1. The molecule has 12 nitrogen and oxygen atoms in total. The lowest BCUT2D eigenvalue weighted by molar-refractivity contribution is -0.195. The Morgan fingerprint density at radius 2 is 1.91 bits per heavy atom. The highest BCUT2D eigenvalue weighted by molar-refractivity contribution is 7.90. The first kappa shape index (κ1) is 33.0. The number of carbonyl (C=O) groups is 1. The van der Waals surface area contributed by atoms with Gasteiger partial charge in [-0.15, -0.1) is 5.10 Å². The fourth-order valence-electron chi connectivity index (χ4n) is 6.51. The average Bonchev–Trinajstić information content (AvgIpc) is 3.51. The first-order valence-corrected chi connectivity index (χ1v) is 17.1.